The lowest BCUT2D eigenvalue weighted by Crippen LogP contribution is -2.23. The molecule has 4 atom stereocenters. The van der Waals surface area contributed by atoms with Gasteiger partial charge >= 0.3 is 5.97 Å². The first-order chi connectivity index (χ1) is 12.8. The van der Waals surface area contributed by atoms with Gasteiger partial charge in [0.05, 0.1) is 25.2 Å². The molecule has 1 unspecified atom stereocenters. The van der Waals surface area contributed by atoms with Crippen LogP contribution < -0.4 is 0 Å². The first-order valence-corrected chi connectivity index (χ1v) is 9.79. The Morgan fingerprint density at radius 3 is 2.67 bits per heavy atom. The minimum Gasteiger partial charge on any atom is -0.469 e. The molecule has 0 aromatic carbocycles. The van der Waals surface area contributed by atoms with Crippen LogP contribution in [-0.4, -0.2) is 40.8 Å². The van der Waals surface area contributed by atoms with Gasteiger partial charge in [-0.05, 0) is 26.2 Å². The van der Waals surface area contributed by atoms with Gasteiger partial charge in [-0.15, -0.1) is 0 Å². The van der Waals surface area contributed by atoms with Crippen molar-refractivity contribution in [1.82, 2.24) is 0 Å². The third-order valence-electron chi connectivity index (χ3n) is 5.00. The quantitative estimate of drug-likeness (QED) is 0.327. The second-order valence-corrected chi connectivity index (χ2v) is 7.53. The Morgan fingerprint density at radius 1 is 1.30 bits per heavy atom. The van der Waals surface area contributed by atoms with Gasteiger partial charge in [0.1, 0.15) is 5.78 Å². The predicted molar refractivity (Wildman–Crippen MR) is 106 cm³/mol. The zero-order valence-electron chi connectivity index (χ0n) is 16.8. The van der Waals surface area contributed by atoms with E-state index in [0.717, 1.165) is 19.3 Å². The van der Waals surface area contributed by atoms with E-state index in [9.17, 15) is 19.8 Å². The van der Waals surface area contributed by atoms with Gasteiger partial charge in [-0.1, -0.05) is 56.2 Å². The largest absolute Gasteiger partial charge is 0.469 e. The number of ether oxygens (including phenoxy) is 1. The van der Waals surface area contributed by atoms with Crippen LogP contribution in [0.1, 0.15) is 58.8 Å². The van der Waals surface area contributed by atoms with E-state index in [-0.39, 0.29) is 36.4 Å². The average molecular weight is 379 g/mol. The molecule has 1 saturated carbocycles. The maximum absolute atomic E-state index is 12.2. The molecule has 0 saturated heterocycles. The lowest BCUT2D eigenvalue weighted by Gasteiger charge is -2.22. The molecule has 0 aromatic heterocycles. The second-order valence-electron chi connectivity index (χ2n) is 7.53. The lowest BCUT2D eigenvalue weighted by molar-refractivity contribution is -0.139. The first kappa shape index (κ1) is 23.3. The van der Waals surface area contributed by atoms with Gasteiger partial charge < -0.3 is 14.9 Å². The van der Waals surface area contributed by atoms with E-state index in [0.29, 0.717) is 12.8 Å². The average Bonchev–Trinajstić information content (AvgIpc) is 2.89. The van der Waals surface area contributed by atoms with Crippen molar-refractivity contribution < 1.29 is 24.5 Å². The molecule has 5 heteroatoms. The molecule has 1 rings (SSSR count). The monoisotopic (exact) mass is 378 g/mol. The van der Waals surface area contributed by atoms with Crippen LogP contribution in [0, 0.1) is 11.8 Å². The number of hydrogen-bond acceptors (Lipinski definition) is 5. The Balaban J connectivity index is 2.58. The standard InChI is InChI=1S/C22H34O5/c1-4-5-14-22(2,26)15-10-12-18-17(19(23)16-20(18)24)11-8-6-7-9-13-21(25)27-3/h6-10,12,17-18,20,24,26H,4-5,11,13-16H2,1-3H3/b8-6+,9-7+,12-10+/t17-,18-,20-,22?/m1/s1. The summed E-state index contributed by atoms with van der Waals surface area (Å²) in [6, 6.07) is 0. The maximum atomic E-state index is 12.2. The molecule has 1 aliphatic carbocycles. The third-order valence-corrected chi connectivity index (χ3v) is 5.00. The van der Waals surface area contributed by atoms with Crippen molar-refractivity contribution in [2.24, 2.45) is 11.8 Å². The number of ketones is 1. The molecule has 0 amide bonds. The number of methoxy groups -OCH3 is 1. The van der Waals surface area contributed by atoms with Crippen LogP contribution >= 0.6 is 0 Å². The molecule has 27 heavy (non-hydrogen) atoms. The van der Waals surface area contributed by atoms with Crippen LogP contribution in [0.3, 0.4) is 0 Å². The molecule has 0 aromatic rings. The van der Waals surface area contributed by atoms with Gasteiger partial charge in [0.15, 0.2) is 0 Å². The molecular weight excluding hydrogens is 344 g/mol. The summed E-state index contributed by atoms with van der Waals surface area (Å²) in [4.78, 5) is 23.2. The van der Waals surface area contributed by atoms with Crippen LogP contribution in [0.2, 0.25) is 0 Å². The van der Waals surface area contributed by atoms with Gasteiger partial charge in [0.2, 0.25) is 0 Å². The highest BCUT2D eigenvalue weighted by Gasteiger charge is 2.39. The maximum Gasteiger partial charge on any atom is 0.309 e. The minimum absolute atomic E-state index is 0.0677. The number of esters is 1. The summed E-state index contributed by atoms with van der Waals surface area (Å²) in [5, 5.41) is 20.6. The minimum atomic E-state index is -0.750. The van der Waals surface area contributed by atoms with Gasteiger partial charge in [0, 0.05) is 18.3 Å². The van der Waals surface area contributed by atoms with Gasteiger partial charge in [-0.25, -0.2) is 0 Å². The van der Waals surface area contributed by atoms with E-state index in [1.165, 1.54) is 7.11 Å². The summed E-state index contributed by atoms with van der Waals surface area (Å²) in [6.45, 7) is 3.92. The van der Waals surface area contributed by atoms with Crippen molar-refractivity contribution in [1.29, 1.82) is 0 Å². The summed E-state index contributed by atoms with van der Waals surface area (Å²) in [5.74, 6) is -0.697. The van der Waals surface area contributed by atoms with Crippen molar-refractivity contribution in [2.75, 3.05) is 7.11 Å². The molecule has 0 heterocycles. The fourth-order valence-corrected chi connectivity index (χ4v) is 3.30. The SMILES string of the molecule is CCCCC(C)(O)C/C=C/[C@H]1[C@H](O)CC(=O)[C@@H]1C/C=C/C=C/CC(=O)OC. The van der Waals surface area contributed by atoms with Crippen LogP contribution in [0.4, 0.5) is 0 Å². The van der Waals surface area contributed by atoms with Crippen LogP contribution in [0.25, 0.3) is 0 Å². The highest BCUT2D eigenvalue weighted by atomic mass is 16.5. The highest BCUT2D eigenvalue weighted by molar-refractivity contribution is 5.84. The fraction of sp³-hybridized carbons (Fsp3) is 0.636. The molecule has 1 aliphatic rings. The Bertz CT molecular complexity index is 559. The molecule has 1 fully saturated rings. The number of aliphatic hydroxyl groups excluding tert-OH is 1. The summed E-state index contributed by atoms with van der Waals surface area (Å²) in [5.41, 5.74) is -0.750. The lowest BCUT2D eigenvalue weighted by atomic mass is 9.89. The number of rotatable bonds is 11. The molecule has 0 bridgehead atoms. The molecule has 2 N–H and O–H groups in total. The number of allylic oxidation sites excluding steroid dienone is 3. The molecule has 5 nitrogen and oxygen atoms in total. The zero-order valence-corrected chi connectivity index (χ0v) is 16.8. The van der Waals surface area contributed by atoms with E-state index in [4.69, 9.17) is 0 Å². The predicted octanol–water partition coefficient (Wildman–Crippen LogP) is 3.51. The number of carbonyl (C=O) groups is 2. The molecular formula is C22H34O5. The van der Waals surface area contributed by atoms with Crippen molar-refractivity contribution in [2.45, 2.75) is 70.5 Å². The summed E-state index contributed by atoms with van der Waals surface area (Å²) < 4.78 is 4.55. The van der Waals surface area contributed by atoms with E-state index in [1.54, 1.807) is 18.2 Å². The molecule has 0 radical (unpaired) electrons. The van der Waals surface area contributed by atoms with Gasteiger partial charge in [0.25, 0.3) is 0 Å². The highest BCUT2D eigenvalue weighted by Crippen LogP contribution is 2.33. The molecule has 0 spiro atoms. The summed E-state index contributed by atoms with van der Waals surface area (Å²) in [6.07, 6.45) is 14.5. The van der Waals surface area contributed by atoms with Gasteiger partial charge in [-0.3, -0.25) is 9.59 Å². The Labute approximate surface area is 162 Å². The smallest absolute Gasteiger partial charge is 0.309 e. The van der Waals surface area contributed by atoms with Crippen LogP contribution in [0.15, 0.2) is 36.5 Å². The van der Waals surface area contributed by atoms with E-state index in [2.05, 4.69) is 11.7 Å². The Morgan fingerprint density at radius 2 is 2.00 bits per heavy atom. The van der Waals surface area contributed by atoms with Crippen LogP contribution in [-0.2, 0) is 14.3 Å². The molecule has 0 aliphatic heterocycles. The zero-order chi connectivity index (χ0) is 20.3. The normalized spacial score (nSPS) is 25.7. The van der Waals surface area contributed by atoms with E-state index in [1.807, 2.05) is 25.2 Å². The number of aliphatic hydroxyl groups is 2. The Hall–Kier alpha value is -1.72. The molecule has 152 valence electrons. The second kappa shape index (κ2) is 11.9. The van der Waals surface area contributed by atoms with E-state index < -0.39 is 11.7 Å². The number of unbranched alkanes of at least 4 members (excludes halogenated alkanes) is 1. The number of carbonyl (C=O) groups excluding carboxylic acids is 2. The number of Topliss-reactive ketones (excluding diaryl/α,β-unsaturated/α-hetero) is 1. The van der Waals surface area contributed by atoms with Gasteiger partial charge in [-0.2, -0.15) is 0 Å². The third kappa shape index (κ3) is 8.67. The Kier molecular flexibility index (Phi) is 10.3. The van der Waals surface area contributed by atoms with Crippen molar-refractivity contribution in [3.63, 3.8) is 0 Å². The summed E-state index contributed by atoms with van der Waals surface area (Å²) >= 11 is 0. The number of hydrogen-bond donors (Lipinski definition) is 2. The first-order valence-electron chi connectivity index (χ1n) is 9.79. The van der Waals surface area contributed by atoms with Crippen LogP contribution in [0.5, 0.6) is 0 Å². The summed E-state index contributed by atoms with van der Waals surface area (Å²) in [7, 11) is 1.35. The van der Waals surface area contributed by atoms with Crippen molar-refractivity contribution in [3.8, 4) is 0 Å². The van der Waals surface area contributed by atoms with E-state index >= 15 is 0 Å². The fourth-order valence-electron chi connectivity index (χ4n) is 3.30. The van der Waals surface area contributed by atoms with Crippen molar-refractivity contribution >= 4 is 11.8 Å². The topological polar surface area (TPSA) is 83.8 Å². The van der Waals surface area contributed by atoms with Crippen molar-refractivity contribution in [3.05, 3.63) is 36.5 Å².